The zero-order valence-corrected chi connectivity index (χ0v) is 34.4. The number of ether oxygens (including phenoxy) is 1. The predicted molar refractivity (Wildman–Crippen MR) is 222 cm³/mol. The first-order valence-corrected chi connectivity index (χ1v) is 22.2. The van der Waals surface area contributed by atoms with E-state index in [0.29, 0.717) is 19.3 Å². The van der Waals surface area contributed by atoms with Crippen molar-refractivity contribution < 1.29 is 24.5 Å². The Morgan fingerprint density at radius 2 is 1.04 bits per heavy atom. The number of hydrogen-bond acceptors (Lipinski definition) is 5. The van der Waals surface area contributed by atoms with Gasteiger partial charge in [-0.05, 0) is 57.8 Å². The van der Waals surface area contributed by atoms with Gasteiger partial charge in [-0.1, -0.05) is 186 Å². The summed E-state index contributed by atoms with van der Waals surface area (Å²) in [7, 11) is 0. The van der Waals surface area contributed by atoms with Crippen LogP contribution in [-0.4, -0.2) is 46.9 Å². The Morgan fingerprint density at radius 3 is 1.56 bits per heavy atom. The number of esters is 1. The van der Waals surface area contributed by atoms with Gasteiger partial charge in [-0.15, -0.1) is 0 Å². The number of amides is 1. The maximum absolute atomic E-state index is 13.1. The van der Waals surface area contributed by atoms with Crippen molar-refractivity contribution in [3.8, 4) is 0 Å². The molecule has 3 N–H and O–H groups in total. The number of allylic oxidation sites excluding steroid dienone is 6. The van der Waals surface area contributed by atoms with Gasteiger partial charge in [0, 0.05) is 6.42 Å². The molecule has 0 aliphatic rings. The number of nitrogens with one attached hydrogen (secondary N) is 1. The van der Waals surface area contributed by atoms with Gasteiger partial charge < -0.3 is 20.3 Å². The van der Waals surface area contributed by atoms with Crippen LogP contribution in [-0.2, 0) is 14.3 Å². The molecular weight excluding hydrogens is 647 g/mol. The summed E-state index contributed by atoms with van der Waals surface area (Å²) < 4.78 is 5.86. The van der Waals surface area contributed by atoms with Crippen molar-refractivity contribution in [2.75, 3.05) is 6.61 Å². The molecule has 1 amide bonds. The van der Waals surface area contributed by atoms with Crippen LogP contribution in [0.25, 0.3) is 0 Å². The van der Waals surface area contributed by atoms with Gasteiger partial charge >= 0.3 is 5.97 Å². The van der Waals surface area contributed by atoms with Crippen molar-refractivity contribution in [3.05, 3.63) is 36.5 Å². The van der Waals surface area contributed by atoms with Crippen molar-refractivity contribution in [1.82, 2.24) is 5.32 Å². The molecule has 3 atom stereocenters. The van der Waals surface area contributed by atoms with E-state index in [1.54, 1.807) is 0 Å². The van der Waals surface area contributed by atoms with E-state index in [2.05, 4.69) is 62.5 Å². The lowest BCUT2D eigenvalue weighted by molar-refractivity contribution is -0.151. The summed E-state index contributed by atoms with van der Waals surface area (Å²) in [6.07, 6.45) is 44.9. The van der Waals surface area contributed by atoms with Gasteiger partial charge in [-0.3, -0.25) is 9.59 Å². The maximum atomic E-state index is 13.1. The van der Waals surface area contributed by atoms with Crippen molar-refractivity contribution in [2.45, 2.75) is 238 Å². The third-order valence-corrected chi connectivity index (χ3v) is 9.98. The van der Waals surface area contributed by atoms with Crippen molar-refractivity contribution in [3.63, 3.8) is 0 Å². The number of aliphatic hydroxyl groups excluding tert-OH is 2. The summed E-state index contributed by atoms with van der Waals surface area (Å²) in [4.78, 5) is 25.9. The van der Waals surface area contributed by atoms with E-state index in [0.717, 1.165) is 77.0 Å². The topological polar surface area (TPSA) is 95.9 Å². The molecule has 0 aliphatic carbocycles. The molecule has 0 rings (SSSR count). The molecule has 52 heavy (non-hydrogen) atoms. The highest BCUT2D eigenvalue weighted by Crippen LogP contribution is 2.17. The Hall–Kier alpha value is -1.92. The third kappa shape index (κ3) is 35.1. The lowest BCUT2D eigenvalue weighted by Crippen LogP contribution is -2.46. The smallest absolute Gasteiger partial charge is 0.306 e. The van der Waals surface area contributed by atoms with E-state index in [4.69, 9.17) is 4.74 Å². The minimum absolute atomic E-state index is 0.0540. The van der Waals surface area contributed by atoms with Crippen LogP contribution < -0.4 is 5.32 Å². The fraction of sp³-hybridized carbons (Fsp3) is 0.826. The quantitative estimate of drug-likeness (QED) is 0.0332. The molecule has 0 radical (unpaired) electrons. The Balaban J connectivity index is 4.62. The highest BCUT2D eigenvalue weighted by molar-refractivity contribution is 5.77. The zero-order chi connectivity index (χ0) is 38.2. The molecule has 0 aromatic carbocycles. The molecule has 0 aromatic heterocycles. The highest BCUT2D eigenvalue weighted by Gasteiger charge is 2.24. The molecular formula is C46H85NO5. The largest absolute Gasteiger partial charge is 0.462 e. The van der Waals surface area contributed by atoms with Gasteiger partial charge in [0.15, 0.2) is 0 Å². The lowest BCUT2D eigenvalue weighted by Gasteiger charge is -2.24. The van der Waals surface area contributed by atoms with Crippen LogP contribution in [0.4, 0.5) is 0 Å². The summed E-state index contributed by atoms with van der Waals surface area (Å²) in [5.74, 6) is -0.513. The summed E-state index contributed by atoms with van der Waals surface area (Å²) in [6.45, 7) is 6.32. The van der Waals surface area contributed by atoms with Crippen LogP contribution in [0.5, 0.6) is 0 Å². The van der Waals surface area contributed by atoms with Gasteiger partial charge in [-0.2, -0.15) is 0 Å². The average Bonchev–Trinajstić information content (AvgIpc) is 3.13. The summed E-state index contributed by atoms with van der Waals surface area (Å²) in [5, 5.41) is 23.6. The monoisotopic (exact) mass is 732 g/mol. The Labute approximate surface area is 322 Å². The number of carbonyl (C=O) groups is 2. The van der Waals surface area contributed by atoms with Gasteiger partial charge in [0.1, 0.15) is 6.10 Å². The first-order valence-electron chi connectivity index (χ1n) is 22.2. The number of hydrogen-bond donors (Lipinski definition) is 3. The molecule has 0 heterocycles. The minimum atomic E-state index is -0.792. The van der Waals surface area contributed by atoms with E-state index in [1.807, 2.05) is 0 Å². The molecule has 0 saturated carbocycles. The fourth-order valence-electron chi connectivity index (χ4n) is 6.62. The number of unbranched alkanes of at least 4 members (excludes halogenated alkanes) is 21. The number of carbonyl (C=O) groups excluding carboxylic acids is 2. The molecule has 0 bridgehead atoms. The van der Waals surface area contributed by atoms with Crippen LogP contribution in [0.1, 0.15) is 220 Å². The van der Waals surface area contributed by atoms with E-state index >= 15 is 0 Å². The second-order valence-electron chi connectivity index (χ2n) is 15.1. The molecule has 6 heteroatoms. The maximum Gasteiger partial charge on any atom is 0.306 e. The van der Waals surface area contributed by atoms with Crippen LogP contribution in [0.3, 0.4) is 0 Å². The van der Waals surface area contributed by atoms with Gasteiger partial charge in [-0.25, -0.2) is 0 Å². The minimum Gasteiger partial charge on any atom is -0.462 e. The second kappa shape index (κ2) is 40.3. The van der Waals surface area contributed by atoms with Gasteiger partial charge in [0.05, 0.1) is 25.2 Å². The van der Waals surface area contributed by atoms with Gasteiger partial charge in [0.2, 0.25) is 5.91 Å². The Bertz CT molecular complexity index is 869. The van der Waals surface area contributed by atoms with E-state index < -0.39 is 18.2 Å². The first kappa shape index (κ1) is 50.1. The van der Waals surface area contributed by atoms with Crippen molar-refractivity contribution in [2.24, 2.45) is 0 Å². The van der Waals surface area contributed by atoms with E-state index in [-0.39, 0.29) is 24.9 Å². The summed E-state index contributed by atoms with van der Waals surface area (Å²) in [6, 6.07) is -0.708. The van der Waals surface area contributed by atoms with Crippen LogP contribution in [0, 0.1) is 0 Å². The Morgan fingerprint density at radius 1 is 0.577 bits per heavy atom. The van der Waals surface area contributed by atoms with Crippen LogP contribution in [0.2, 0.25) is 0 Å². The highest BCUT2D eigenvalue weighted by atomic mass is 16.5. The molecule has 0 saturated heterocycles. The third-order valence-electron chi connectivity index (χ3n) is 9.98. The normalized spacial score (nSPS) is 13.7. The first-order chi connectivity index (χ1) is 25.5. The number of aliphatic hydroxyl groups is 2. The van der Waals surface area contributed by atoms with Crippen molar-refractivity contribution >= 4 is 11.9 Å². The van der Waals surface area contributed by atoms with Crippen LogP contribution >= 0.6 is 0 Å². The zero-order valence-electron chi connectivity index (χ0n) is 34.4. The molecule has 0 fully saturated rings. The van der Waals surface area contributed by atoms with Crippen LogP contribution in [0.15, 0.2) is 36.5 Å². The molecule has 3 unspecified atom stereocenters. The second-order valence-corrected chi connectivity index (χ2v) is 15.1. The molecule has 304 valence electrons. The summed E-state index contributed by atoms with van der Waals surface area (Å²) in [5.41, 5.74) is 0. The fourth-order valence-corrected chi connectivity index (χ4v) is 6.62. The summed E-state index contributed by atoms with van der Waals surface area (Å²) >= 11 is 0. The van der Waals surface area contributed by atoms with Crippen molar-refractivity contribution in [1.29, 1.82) is 0 Å². The average molecular weight is 732 g/mol. The Kier molecular flexibility index (Phi) is 38.8. The standard InChI is InChI=1S/C46H85NO5/c1-4-7-10-13-16-19-21-23-26-28-31-34-37-42(52-46(51)39-36-33-30-25-18-15-12-9-6-3)40-45(50)47-43(41-48)44(49)38-35-32-29-27-24-22-20-17-14-11-8-5-2/h7,10,16,19,23,26,42-44,48-49H,4-6,8-9,11-15,17-18,20-22,24-25,27-41H2,1-3H3,(H,47,50)/b10-7+,19-16+,26-23+. The number of rotatable bonds is 39. The molecule has 0 aromatic rings. The SMILES string of the molecule is CC/C=C/C/C=C/C/C=C/CCCCC(CC(=O)NC(CO)C(O)CCCCCCCCCCCCCC)OC(=O)CCCCCCCCCCC. The molecule has 6 nitrogen and oxygen atoms in total. The lowest BCUT2D eigenvalue weighted by atomic mass is 10.0. The molecule has 0 aliphatic heterocycles. The van der Waals surface area contributed by atoms with Gasteiger partial charge in [0.25, 0.3) is 0 Å². The van der Waals surface area contributed by atoms with E-state index in [9.17, 15) is 19.8 Å². The molecule has 0 spiro atoms. The predicted octanol–water partition coefficient (Wildman–Crippen LogP) is 12.6. The van der Waals surface area contributed by atoms with E-state index in [1.165, 1.54) is 96.3 Å².